The van der Waals surface area contributed by atoms with Gasteiger partial charge in [0.25, 0.3) is 5.56 Å². The van der Waals surface area contributed by atoms with Crippen molar-refractivity contribution in [3.05, 3.63) is 64.3 Å². The molecule has 3 rings (SSSR count). The Hall–Kier alpha value is -2.53. The van der Waals surface area contributed by atoms with Gasteiger partial charge < -0.3 is 10.7 Å². The maximum Gasteiger partial charge on any atom is 0.251 e. The number of benzene rings is 2. The van der Waals surface area contributed by atoms with Crippen LogP contribution in [-0.2, 0) is 6.42 Å². The Morgan fingerprint density at radius 3 is 2.67 bits per heavy atom. The van der Waals surface area contributed by atoms with Gasteiger partial charge in [-0.3, -0.25) is 4.79 Å². The Balaban J connectivity index is 2.26. The zero-order valence-corrected chi connectivity index (χ0v) is 11.3. The molecule has 0 radical (unpaired) electrons. The predicted molar refractivity (Wildman–Crippen MR) is 80.5 cm³/mol. The average molecular weight is 283 g/mol. The van der Waals surface area contributed by atoms with Crippen molar-refractivity contribution in [1.29, 1.82) is 0 Å². The topological polar surface area (TPSA) is 71.8 Å². The van der Waals surface area contributed by atoms with Crippen LogP contribution in [0.25, 0.3) is 22.2 Å². The molecule has 106 valence electrons. The molecule has 0 fully saturated rings. The van der Waals surface area contributed by atoms with E-state index in [2.05, 4.69) is 9.97 Å². The van der Waals surface area contributed by atoms with Gasteiger partial charge in [-0.05, 0) is 24.1 Å². The molecule has 0 saturated heterocycles. The molecule has 0 saturated carbocycles. The van der Waals surface area contributed by atoms with E-state index in [1.165, 1.54) is 12.1 Å². The number of rotatable bonds is 3. The van der Waals surface area contributed by atoms with E-state index in [4.69, 9.17) is 5.73 Å². The Morgan fingerprint density at radius 2 is 1.90 bits per heavy atom. The summed E-state index contributed by atoms with van der Waals surface area (Å²) < 4.78 is 13.9. The maximum absolute atomic E-state index is 13.9. The predicted octanol–water partition coefficient (Wildman–Crippen LogP) is 2.23. The summed E-state index contributed by atoms with van der Waals surface area (Å²) in [7, 11) is 0. The highest BCUT2D eigenvalue weighted by Gasteiger charge is 2.10. The van der Waals surface area contributed by atoms with Gasteiger partial charge in [0.15, 0.2) is 0 Å². The number of aromatic nitrogens is 2. The highest BCUT2D eigenvalue weighted by molar-refractivity contribution is 5.95. The summed E-state index contributed by atoms with van der Waals surface area (Å²) >= 11 is 0. The Bertz CT molecular complexity index is 858. The molecule has 1 aromatic heterocycles. The molecule has 4 nitrogen and oxygen atoms in total. The highest BCUT2D eigenvalue weighted by Crippen LogP contribution is 2.27. The van der Waals surface area contributed by atoms with Crippen LogP contribution in [0.3, 0.4) is 0 Å². The fourth-order valence-electron chi connectivity index (χ4n) is 2.38. The quantitative estimate of drug-likeness (QED) is 0.774. The first-order chi connectivity index (χ1) is 10.2. The molecule has 0 amide bonds. The Morgan fingerprint density at radius 1 is 1.14 bits per heavy atom. The lowest BCUT2D eigenvalue weighted by atomic mass is 10.0. The third kappa shape index (κ3) is 2.55. The van der Waals surface area contributed by atoms with Gasteiger partial charge in [-0.15, -0.1) is 0 Å². The monoisotopic (exact) mass is 283 g/mol. The number of hydrogen-bond donors (Lipinski definition) is 2. The van der Waals surface area contributed by atoms with Crippen LogP contribution in [0.2, 0.25) is 0 Å². The first kappa shape index (κ1) is 13.5. The molecule has 0 aliphatic carbocycles. The molecule has 0 aliphatic rings. The summed E-state index contributed by atoms with van der Waals surface area (Å²) in [5.74, 6) is 0.136. The van der Waals surface area contributed by atoms with E-state index < -0.39 is 0 Å². The number of nitrogens with one attached hydrogen (secondary N) is 1. The van der Waals surface area contributed by atoms with Crippen LogP contribution < -0.4 is 11.3 Å². The van der Waals surface area contributed by atoms with Gasteiger partial charge in [0.2, 0.25) is 0 Å². The lowest BCUT2D eigenvalue weighted by molar-refractivity contribution is 0.640. The van der Waals surface area contributed by atoms with Crippen molar-refractivity contribution >= 4 is 10.8 Å². The summed E-state index contributed by atoms with van der Waals surface area (Å²) in [5.41, 5.74) is 6.60. The third-order valence-electron chi connectivity index (χ3n) is 3.32. The van der Waals surface area contributed by atoms with Crippen molar-refractivity contribution in [3.63, 3.8) is 0 Å². The van der Waals surface area contributed by atoms with E-state index in [1.807, 2.05) is 12.1 Å². The molecule has 2 aromatic carbocycles. The summed E-state index contributed by atoms with van der Waals surface area (Å²) in [6.07, 6.45) is 0.524. The summed E-state index contributed by atoms with van der Waals surface area (Å²) in [4.78, 5) is 18.9. The molecule has 0 unspecified atom stereocenters. The van der Waals surface area contributed by atoms with Gasteiger partial charge >= 0.3 is 0 Å². The Kier molecular flexibility index (Phi) is 3.50. The molecule has 1 heterocycles. The fraction of sp³-hybridized carbons (Fsp3) is 0.125. The minimum atomic E-state index is -0.296. The zero-order chi connectivity index (χ0) is 14.8. The van der Waals surface area contributed by atoms with Gasteiger partial charge in [-0.2, -0.15) is 0 Å². The highest BCUT2D eigenvalue weighted by atomic mass is 19.1. The maximum atomic E-state index is 13.9. The standard InChI is InChI=1S/C16H14FN3O/c17-14-6-5-13(11-3-1-2-4-12(11)14)16-19-10(7-8-18)9-15(21)20-16/h1-6,9H,7-8,18H2,(H,19,20,21). The Labute approximate surface area is 120 Å². The first-order valence-electron chi connectivity index (χ1n) is 6.67. The number of fused-ring (bicyclic) bond motifs is 1. The minimum Gasteiger partial charge on any atom is -0.330 e. The second-order valence-corrected chi connectivity index (χ2v) is 4.76. The number of hydrogen-bond acceptors (Lipinski definition) is 3. The molecule has 21 heavy (non-hydrogen) atoms. The number of nitrogens with two attached hydrogens (primary N) is 1. The molecule has 0 aliphatic heterocycles. The SMILES string of the molecule is NCCc1cc(=O)[nH]c(-c2ccc(F)c3ccccc23)n1. The second-order valence-electron chi connectivity index (χ2n) is 4.76. The van der Waals surface area contributed by atoms with Crippen LogP contribution in [0.4, 0.5) is 4.39 Å². The van der Waals surface area contributed by atoms with Crippen molar-refractivity contribution in [2.75, 3.05) is 6.54 Å². The molecular formula is C16H14FN3O. The smallest absolute Gasteiger partial charge is 0.251 e. The van der Waals surface area contributed by atoms with Crippen molar-refractivity contribution in [1.82, 2.24) is 9.97 Å². The van der Waals surface area contributed by atoms with Gasteiger partial charge in [-0.25, -0.2) is 9.37 Å². The van der Waals surface area contributed by atoms with E-state index in [0.29, 0.717) is 40.8 Å². The van der Waals surface area contributed by atoms with Gasteiger partial charge in [0, 0.05) is 29.1 Å². The van der Waals surface area contributed by atoms with Crippen LogP contribution in [0.1, 0.15) is 5.69 Å². The molecule has 0 spiro atoms. The second kappa shape index (κ2) is 5.46. The van der Waals surface area contributed by atoms with Gasteiger partial charge in [0.1, 0.15) is 11.6 Å². The largest absolute Gasteiger partial charge is 0.330 e. The molecular weight excluding hydrogens is 269 g/mol. The van der Waals surface area contributed by atoms with Crippen LogP contribution in [-0.4, -0.2) is 16.5 Å². The summed E-state index contributed by atoms with van der Waals surface area (Å²) in [5, 5.41) is 1.22. The van der Waals surface area contributed by atoms with E-state index in [1.54, 1.807) is 18.2 Å². The van der Waals surface area contributed by atoms with Crippen molar-refractivity contribution in [2.45, 2.75) is 6.42 Å². The van der Waals surface area contributed by atoms with Crippen LogP contribution in [0.5, 0.6) is 0 Å². The number of H-pyrrole nitrogens is 1. The number of nitrogens with zero attached hydrogens (tertiary/aromatic N) is 1. The lowest BCUT2D eigenvalue weighted by Gasteiger charge is -2.08. The third-order valence-corrected chi connectivity index (χ3v) is 3.32. The summed E-state index contributed by atoms with van der Waals surface area (Å²) in [6, 6.07) is 11.6. The molecule has 5 heteroatoms. The number of halogens is 1. The number of aromatic amines is 1. The lowest BCUT2D eigenvalue weighted by Crippen LogP contribution is -2.13. The van der Waals surface area contributed by atoms with Gasteiger partial charge in [0.05, 0.1) is 0 Å². The van der Waals surface area contributed by atoms with Crippen LogP contribution in [0, 0.1) is 5.82 Å². The molecule has 0 bridgehead atoms. The summed E-state index contributed by atoms with van der Waals surface area (Å²) in [6.45, 7) is 0.417. The minimum absolute atomic E-state index is 0.239. The van der Waals surface area contributed by atoms with Crippen LogP contribution in [0.15, 0.2) is 47.3 Å². The van der Waals surface area contributed by atoms with E-state index in [0.717, 1.165) is 0 Å². The molecule has 3 aromatic rings. The van der Waals surface area contributed by atoms with Crippen molar-refractivity contribution in [2.24, 2.45) is 5.73 Å². The fourth-order valence-corrected chi connectivity index (χ4v) is 2.38. The van der Waals surface area contributed by atoms with Crippen molar-refractivity contribution < 1.29 is 4.39 Å². The van der Waals surface area contributed by atoms with E-state index >= 15 is 0 Å². The molecule has 0 atom stereocenters. The molecule has 3 N–H and O–H groups in total. The zero-order valence-electron chi connectivity index (χ0n) is 11.3. The van der Waals surface area contributed by atoms with Crippen molar-refractivity contribution in [3.8, 4) is 11.4 Å². The van der Waals surface area contributed by atoms with E-state index in [9.17, 15) is 9.18 Å². The normalized spacial score (nSPS) is 11.0. The van der Waals surface area contributed by atoms with Gasteiger partial charge in [-0.1, -0.05) is 24.3 Å². The first-order valence-corrected chi connectivity index (χ1v) is 6.67. The van der Waals surface area contributed by atoms with Crippen LogP contribution >= 0.6 is 0 Å². The average Bonchev–Trinajstić information content (AvgIpc) is 2.47. The van der Waals surface area contributed by atoms with E-state index in [-0.39, 0.29) is 11.4 Å².